The molecule has 2 heterocycles. The van der Waals surface area contributed by atoms with E-state index in [-0.39, 0.29) is 5.91 Å². The van der Waals surface area contributed by atoms with Crippen molar-refractivity contribution in [3.63, 3.8) is 0 Å². The van der Waals surface area contributed by atoms with Crippen molar-refractivity contribution in [2.24, 2.45) is 0 Å². The van der Waals surface area contributed by atoms with Gasteiger partial charge < -0.3 is 9.80 Å². The highest BCUT2D eigenvalue weighted by Gasteiger charge is 2.43. The molecule has 3 rings (SSSR count). The maximum Gasteiger partial charge on any atom is 0.227 e. The number of nitrogens with zero attached hydrogens (tertiary/aromatic N) is 2. The summed E-state index contributed by atoms with van der Waals surface area (Å²) >= 11 is 5.75. The van der Waals surface area contributed by atoms with Gasteiger partial charge in [0.2, 0.25) is 5.91 Å². The smallest absolute Gasteiger partial charge is 0.227 e. The van der Waals surface area contributed by atoms with Gasteiger partial charge in [-0.25, -0.2) is 0 Å². The highest BCUT2D eigenvalue weighted by Crippen LogP contribution is 2.45. The molecule has 0 saturated carbocycles. The minimum absolute atomic E-state index is 0.234. The van der Waals surface area contributed by atoms with Gasteiger partial charge in [-0.15, -0.1) is 11.6 Å². The van der Waals surface area contributed by atoms with Gasteiger partial charge in [0, 0.05) is 36.5 Å². The van der Waals surface area contributed by atoms with Gasteiger partial charge in [0.25, 0.3) is 0 Å². The van der Waals surface area contributed by atoms with Crippen LogP contribution < -0.4 is 4.90 Å². The molecule has 3 nitrogen and oxygen atoms in total. The summed E-state index contributed by atoms with van der Waals surface area (Å²) in [5.41, 5.74) is 3.76. The molecular weight excluding hydrogens is 284 g/mol. The van der Waals surface area contributed by atoms with Crippen LogP contribution in [0.4, 0.5) is 5.69 Å². The lowest BCUT2D eigenvalue weighted by molar-refractivity contribution is -0.119. The first-order valence-electron chi connectivity index (χ1n) is 7.79. The van der Waals surface area contributed by atoms with Gasteiger partial charge in [-0.1, -0.05) is 17.7 Å². The Labute approximate surface area is 131 Å². The summed E-state index contributed by atoms with van der Waals surface area (Å²) in [5.74, 6) is 1.24. The average Bonchev–Trinajstić information content (AvgIpc) is 2.78. The third kappa shape index (κ3) is 2.69. The SMILES string of the molecule is Cc1ccc2c(c1)[C@H]1CN(C)CC[C@H]1N2C(=O)CCCCl. The van der Waals surface area contributed by atoms with Crippen LogP contribution in [0.5, 0.6) is 0 Å². The van der Waals surface area contributed by atoms with Crippen molar-refractivity contribution in [2.45, 2.75) is 38.1 Å². The van der Waals surface area contributed by atoms with E-state index in [0.717, 1.165) is 31.6 Å². The van der Waals surface area contributed by atoms with E-state index in [1.54, 1.807) is 0 Å². The Morgan fingerprint density at radius 3 is 3.00 bits per heavy atom. The number of alkyl halides is 1. The van der Waals surface area contributed by atoms with E-state index < -0.39 is 0 Å². The molecular formula is C17H23ClN2O. The molecule has 0 aromatic heterocycles. The Balaban J connectivity index is 1.95. The van der Waals surface area contributed by atoms with E-state index in [4.69, 9.17) is 11.6 Å². The third-order valence-electron chi connectivity index (χ3n) is 4.75. The number of benzene rings is 1. The van der Waals surface area contributed by atoms with E-state index in [1.807, 2.05) is 0 Å². The summed E-state index contributed by atoms with van der Waals surface area (Å²) in [4.78, 5) is 17.1. The topological polar surface area (TPSA) is 23.6 Å². The van der Waals surface area contributed by atoms with Crippen molar-refractivity contribution in [2.75, 3.05) is 30.9 Å². The monoisotopic (exact) mass is 306 g/mol. The van der Waals surface area contributed by atoms with Gasteiger partial charge in [-0.2, -0.15) is 0 Å². The molecule has 21 heavy (non-hydrogen) atoms. The predicted octanol–water partition coefficient (Wildman–Crippen LogP) is 3.15. The Morgan fingerprint density at radius 2 is 2.24 bits per heavy atom. The van der Waals surface area contributed by atoms with Crippen LogP contribution in [0.25, 0.3) is 0 Å². The van der Waals surface area contributed by atoms with Crippen molar-refractivity contribution >= 4 is 23.2 Å². The molecule has 1 amide bonds. The largest absolute Gasteiger partial charge is 0.308 e. The second-order valence-electron chi connectivity index (χ2n) is 6.34. The summed E-state index contributed by atoms with van der Waals surface area (Å²) in [6, 6.07) is 6.84. The first kappa shape index (κ1) is 14.9. The molecule has 2 aliphatic heterocycles. The van der Waals surface area contributed by atoms with E-state index in [1.165, 1.54) is 11.1 Å². The van der Waals surface area contributed by atoms with Gasteiger partial charge in [0.1, 0.15) is 0 Å². The quantitative estimate of drug-likeness (QED) is 0.801. The molecule has 0 bridgehead atoms. The van der Waals surface area contributed by atoms with Crippen LogP contribution in [-0.2, 0) is 4.79 Å². The van der Waals surface area contributed by atoms with Crippen LogP contribution in [0.3, 0.4) is 0 Å². The summed E-state index contributed by atoms with van der Waals surface area (Å²) in [6.07, 6.45) is 2.37. The Kier molecular flexibility index (Phi) is 4.23. The number of piperidine rings is 1. The van der Waals surface area contributed by atoms with E-state index >= 15 is 0 Å². The van der Waals surface area contributed by atoms with Gasteiger partial charge >= 0.3 is 0 Å². The Hall–Kier alpha value is -1.06. The fourth-order valence-electron chi connectivity index (χ4n) is 3.74. The first-order valence-corrected chi connectivity index (χ1v) is 8.32. The number of rotatable bonds is 3. The minimum atomic E-state index is 0.234. The fraction of sp³-hybridized carbons (Fsp3) is 0.588. The number of likely N-dealkylation sites (N-methyl/N-ethyl adjacent to an activating group) is 1. The number of hydrogen-bond donors (Lipinski definition) is 0. The number of anilines is 1. The molecule has 1 fully saturated rings. The van der Waals surface area contributed by atoms with Crippen molar-refractivity contribution in [1.29, 1.82) is 0 Å². The van der Waals surface area contributed by atoms with Crippen LogP contribution >= 0.6 is 11.6 Å². The molecule has 0 radical (unpaired) electrons. The lowest BCUT2D eigenvalue weighted by Gasteiger charge is -2.36. The molecule has 2 aliphatic rings. The lowest BCUT2D eigenvalue weighted by atomic mass is 9.89. The van der Waals surface area contributed by atoms with Crippen molar-refractivity contribution in [3.8, 4) is 0 Å². The number of amides is 1. The van der Waals surface area contributed by atoms with Crippen molar-refractivity contribution < 1.29 is 4.79 Å². The fourth-order valence-corrected chi connectivity index (χ4v) is 3.88. The van der Waals surface area contributed by atoms with Crippen molar-refractivity contribution in [1.82, 2.24) is 4.90 Å². The zero-order valence-electron chi connectivity index (χ0n) is 12.8. The van der Waals surface area contributed by atoms with Gasteiger partial charge in [-0.05, 0) is 45.0 Å². The van der Waals surface area contributed by atoms with Crippen LogP contribution in [0, 0.1) is 6.92 Å². The van der Waals surface area contributed by atoms with Crippen LogP contribution in [0.15, 0.2) is 18.2 Å². The minimum Gasteiger partial charge on any atom is -0.308 e. The van der Waals surface area contributed by atoms with Crippen LogP contribution in [-0.4, -0.2) is 42.9 Å². The Morgan fingerprint density at radius 1 is 1.43 bits per heavy atom. The number of carbonyl (C=O) groups is 1. The summed E-state index contributed by atoms with van der Waals surface area (Å²) < 4.78 is 0. The number of hydrogen-bond acceptors (Lipinski definition) is 2. The highest BCUT2D eigenvalue weighted by atomic mass is 35.5. The third-order valence-corrected chi connectivity index (χ3v) is 5.01. The Bertz CT molecular complexity index is 546. The van der Waals surface area contributed by atoms with E-state index in [0.29, 0.717) is 24.3 Å². The highest BCUT2D eigenvalue weighted by molar-refractivity contribution is 6.18. The van der Waals surface area contributed by atoms with Crippen LogP contribution in [0.1, 0.15) is 36.3 Å². The van der Waals surface area contributed by atoms with Crippen molar-refractivity contribution in [3.05, 3.63) is 29.3 Å². The van der Waals surface area contributed by atoms with Gasteiger partial charge in [-0.3, -0.25) is 4.79 Å². The first-order chi connectivity index (χ1) is 10.1. The second-order valence-corrected chi connectivity index (χ2v) is 6.72. The van der Waals surface area contributed by atoms with Gasteiger partial charge in [0.05, 0.1) is 0 Å². The summed E-state index contributed by atoms with van der Waals surface area (Å²) in [5, 5.41) is 0. The molecule has 0 spiro atoms. The second kappa shape index (κ2) is 5.98. The zero-order chi connectivity index (χ0) is 15.0. The zero-order valence-corrected chi connectivity index (χ0v) is 13.6. The number of carbonyl (C=O) groups excluding carboxylic acids is 1. The summed E-state index contributed by atoms with van der Waals surface area (Å²) in [6.45, 7) is 4.23. The molecule has 4 heteroatoms. The molecule has 0 N–H and O–H groups in total. The normalized spacial score (nSPS) is 24.8. The maximum atomic E-state index is 12.6. The maximum absolute atomic E-state index is 12.6. The average molecular weight is 307 g/mol. The molecule has 1 aromatic rings. The van der Waals surface area contributed by atoms with Gasteiger partial charge in [0.15, 0.2) is 0 Å². The molecule has 114 valence electrons. The molecule has 1 aromatic carbocycles. The molecule has 2 atom stereocenters. The number of halogens is 1. The predicted molar refractivity (Wildman–Crippen MR) is 87.3 cm³/mol. The number of fused-ring (bicyclic) bond motifs is 3. The standard InChI is InChI=1S/C17H23ClN2O/c1-12-5-6-15-13(10-12)14-11-19(2)9-7-16(14)20(15)17(21)4-3-8-18/h5-6,10,14,16H,3-4,7-9,11H2,1-2H3/t14-,16-/m1/s1. The summed E-state index contributed by atoms with van der Waals surface area (Å²) in [7, 11) is 2.17. The molecule has 0 aliphatic carbocycles. The van der Waals surface area contributed by atoms with E-state index in [2.05, 4.69) is 42.0 Å². The number of likely N-dealkylation sites (tertiary alicyclic amines) is 1. The molecule has 1 saturated heterocycles. The van der Waals surface area contributed by atoms with E-state index in [9.17, 15) is 4.79 Å². The lowest BCUT2D eigenvalue weighted by Crippen LogP contribution is -2.47. The molecule has 0 unspecified atom stereocenters. The number of aryl methyl sites for hydroxylation is 1. The van der Waals surface area contributed by atoms with Crippen LogP contribution in [0.2, 0.25) is 0 Å².